The number of aryl methyl sites for hydroxylation is 1. The first-order valence-corrected chi connectivity index (χ1v) is 11.9. The minimum absolute atomic E-state index is 0.0886. The Kier molecular flexibility index (Phi) is 5.76. The molecule has 3 aromatic rings. The summed E-state index contributed by atoms with van der Waals surface area (Å²) in [5.41, 5.74) is 3.82. The fraction of sp³-hybridized carbons (Fsp3) is 0.458. The average molecular weight is 466 g/mol. The molecular weight excluding hydrogens is 435 g/mol. The molecule has 0 radical (unpaired) electrons. The van der Waals surface area contributed by atoms with Crippen molar-refractivity contribution in [2.75, 3.05) is 18.9 Å². The molecule has 2 unspecified atom stereocenters. The van der Waals surface area contributed by atoms with Crippen LogP contribution in [0.2, 0.25) is 0 Å². The fourth-order valence-corrected chi connectivity index (χ4v) is 5.20. The number of pyridine rings is 1. The Morgan fingerprint density at radius 3 is 2.79 bits per heavy atom. The van der Waals surface area contributed by atoms with Gasteiger partial charge in [0.25, 0.3) is 5.91 Å². The van der Waals surface area contributed by atoms with Crippen LogP contribution in [0, 0.1) is 5.95 Å². The molecule has 10 heteroatoms. The maximum absolute atomic E-state index is 13.7. The van der Waals surface area contributed by atoms with Crippen molar-refractivity contribution in [2.24, 2.45) is 0 Å². The summed E-state index contributed by atoms with van der Waals surface area (Å²) in [7, 11) is 1.64. The predicted octanol–water partition coefficient (Wildman–Crippen LogP) is 3.64. The maximum atomic E-state index is 13.7. The number of fused-ring (bicyclic) bond motifs is 1. The van der Waals surface area contributed by atoms with Gasteiger partial charge >= 0.3 is 5.95 Å². The molecule has 1 amide bonds. The van der Waals surface area contributed by atoms with Crippen LogP contribution in [0.3, 0.4) is 0 Å². The number of quaternary nitrogens is 1. The van der Waals surface area contributed by atoms with Gasteiger partial charge in [-0.15, -0.1) is 0 Å². The second-order valence-corrected chi connectivity index (χ2v) is 9.34. The lowest BCUT2D eigenvalue weighted by Gasteiger charge is -2.35. The number of likely N-dealkylation sites (N-methyl/N-ethyl adjacent to an activating group) is 1. The van der Waals surface area contributed by atoms with Crippen LogP contribution < -0.4 is 15.1 Å². The number of carbonyl (C=O) groups excluding carboxylic acids is 1. The van der Waals surface area contributed by atoms with Crippen LogP contribution in [-0.4, -0.2) is 50.7 Å². The molecule has 3 aromatic heterocycles. The molecule has 1 saturated heterocycles. The third-order valence-electron chi connectivity index (χ3n) is 6.99. The molecule has 5 rings (SSSR count). The van der Waals surface area contributed by atoms with Crippen molar-refractivity contribution < 1.29 is 9.18 Å². The molecule has 3 N–H and O–H groups in total. The molecule has 0 saturated carbocycles. The third-order valence-corrected chi connectivity index (χ3v) is 6.99. The zero-order chi connectivity index (χ0) is 23.9. The summed E-state index contributed by atoms with van der Waals surface area (Å²) in [6.45, 7) is 4.84. The molecule has 2 aliphatic rings. The minimum Gasteiger partial charge on any atom is -0.354 e. The van der Waals surface area contributed by atoms with E-state index < -0.39 is 12.0 Å². The molecule has 34 heavy (non-hydrogen) atoms. The molecule has 0 bridgehead atoms. The Bertz CT molecular complexity index is 1210. The van der Waals surface area contributed by atoms with Gasteiger partial charge in [0, 0.05) is 43.3 Å². The Labute approximate surface area is 197 Å². The first-order valence-electron chi connectivity index (χ1n) is 11.9. The van der Waals surface area contributed by atoms with Gasteiger partial charge in [0.2, 0.25) is 5.95 Å². The smallest absolute Gasteiger partial charge is 0.337 e. The number of halogens is 1. The number of nitrogens with one attached hydrogen (secondary N) is 3. The van der Waals surface area contributed by atoms with Crippen molar-refractivity contribution in [3.05, 3.63) is 47.3 Å². The summed E-state index contributed by atoms with van der Waals surface area (Å²) in [5.74, 6) is 1.62. The van der Waals surface area contributed by atoms with Gasteiger partial charge in [0.05, 0.1) is 18.4 Å². The lowest BCUT2D eigenvalue weighted by molar-refractivity contribution is -0.124. The standard InChI is InChI=1S/C24H29FN8O/c1-14(2)18-12-21(32-31-18)29-22-16-6-4-7-17(16)28-24(30-22)33(15-9-10-20(25)27-13-15)11-5-8-19(33)23(34)26-3/h9-10,12-14,19H,4-8,11H2,1-3H3,(H2-,26,28,29,30,31,32,34)/p+1. The normalized spacial score (nSPS) is 21.6. The molecule has 0 aromatic carbocycles. The van der Waals surface area contributed by atoms with Crippen LogP contribution >= 0.6 is 0 Å². The first-order chi connectivity index (χ1) is 16.4. The number of hydrogen-bond acceptors (Lipinski definition) is 6. The number of aromatic amines is 1. The van der Waals surface area contributed by atoms with Crippen molar-refractivity contribution in [3.63, 3.8) is 0 Å². The molecule has 2 atom stereocenters. The van der Waals surface area contributed by atoms with Crippen LogP contribution in [0.4, 0.5) is 27.7 Å². The van der Waals surface area contributed by atoms with E-state index in [4.69, 9.17) is 9.97 Å². The largest absolute Gasteiger partial charge is 0.354 e. The van der Waals surface area contributed by atoms with Crippen LogP contribution in [-0.2, 0) is 17.6 Å². The van der Waals surface area contributed by atoms with E-state index in [9.17, 15) is 9.18 Å². The van der Waals surface area contributed by atoms with Crippen molar-refractivity contribution in [3.8, 4) is 0 Å². The number of H-pyrrole nitrogens is 1. The lowest BCUT2D eigenvalue weighted by atomic mass is 10.1. The van der Waals surface area contributed by atoms with E-state index in [0.29, 0.717) is 36.3 Å². The molecule has 9 nitrogen and oxygen atoms in total. The highest BCUT2D eigenvalue weighted by atomic mass is 19.1. The van der Waals surface area contributed by atoms with E-state index >= 15 is 0 Å². The van der Waals surface area contributed by atoms with E-state index in [1.54, 1.807) is 13.1 Å². The third kappa shape index (κ3) is 3.71. The number of amides is 1. The highest BCUT2D eigenvalue weighted by Gasteiger charge is 2.52. The summed E-state index contributed by atoms with van der Waals surface area (Å²) in [5, 5.41) is 13.7. The zero-order valence-electron chi connectivity index (χ0n) is 19.7. The highest BCUT2D eigenvalue weighted by Crippen LogP contribution is 2.43. The minimum atomic E-state index is -0.561. The van der Waals surface area contributed by atoms with Gasteiger partial charge in [-0.2, -0.15) is 19.5 Å². The monoisotopic (exact) mass is 465 g/mol. The predicted molar refractivity (Wildman–Crippen MR) is 128 cm³/mol. The second-order valence-electron chi connectivity index (χ2n) is 9.34. The molecule has 4 heterocycles. The summed E-state index contributed by atoms with van der Waals surface area (Å²) >= 11 is 0. The Balaban J connectivity index is 1.65. The summed E-state index contributed by atoms with van der Waals surface area (Å²) < 4.78 is 13.8. The van der Waals surface area contributed by atoms with E-state index in [1.807, 2.05) is 6.07 Å². The van der Waals surface area contributed by atoms with Crippen LogP contribution in [0.25, 0.3) is 0 Å². The van der Waals surface area contributed by atoms with Crippen molar-refractivity contribution >= 4 is 29.2 Å². The van der Waals surface area contributed by atoms with E-state index in [-0.39, 0.29) is 10.4 Å². The van der Waals surface area contributed by atoms with Crippen molar-refractivity contribution in [1.82, 2.24) is 34.9 Å². The van der Waals surface area contributed by atoms with Crippen LogP contribution in [0.15, 0.2) is 24.4 Å². The van der Waals surface area contributed by atoms with E-state index in [1.165, 1.54) is 12.3 Å². The number of carbonyl (C=O) groups is 1. The maximum Gasteiger partial charge on any atom is 0.337 e. The molecule has 1 fully saturated rings. The molecule has 1 aliphatic carbocycles. The van der Waals surface area contributed by atoms with Gasteiger partial charge in [0.1, 0.15) is 5.82 Å². The van der Waals surface area contributed by atoms with E-state index in [2.05, 4.69) is 39.7 Å². The second kappa shape index (κ2) is 8.75. The number of rotatable bonds is 6. The Morgan fingerprint density at radius 2 is 2.09 bits per heavy atom. The lowest BCUT2D eigenvalue weighted by Crippen LogP contribution is -2.56. The number of nitrogens with zero attached hydrogens (tertiary/aromatic N) is 5. The van der Waals surface area contributed by atoms with Crippen LogP contribution in [0.1, 0.15) is 56.0 Å². The van der Waals surface area contributed by atoms with Gasteiger partial charge < -0.3 is 10.6 Å². The number of anilines is 2. The van der Waals surface area contributed by atoms with Gasteiger partial charge in [-0.25, -0.2) is 9.47 Å². The summed E-state index contributed by atoms with van der Waals surface area (Å²) in [4.78, 5) is 26.9. The number of hydrogen-bond donors (Lipinski definition) is 3. The van der Waals surface area contributed by atoms with Gasteiger partial charge in [-0.3, -0.25) is 9.89 Å². The van der Waals surface area contributed by atoms with Crippen molar-refractivity contribution in [2.45, 2.75) is 57.9 Å². The molecule has 178 valence electrons. The Morgan fingerprint density at radius 1 is 1.24 bits per heavy atom. The first kappa shape index (κ1) is 22.4. The SMILES string of the molecule is CNC(=O)C1CCC[N+]1(c1ccc(F)nc1)c1nc2c(c(Nc3cc(C(C)C)[nH]n3)n1)CCC2. The topological polar surface area (TPSA) is 108 Å². The molecule has 1 aliphatic heterocycles. The van der Waals surface area contributed by atoms with Crippen LogP contribution in [0.5, 0.6) is 0 Å². The summed E-state index contributed by atoms with van der Waals surface area (Å²) in [6.07, 6.45) is 5.73. The van der Waals surface area contributed by atoms with E-state index in [0.717, 1.165) is 48.5 Å². The van der Waals surface area contributed by atoms with Gasteiger partial charge in [-0.05, 0) is 31.2 Å². The average Bonchev–Trinajstić information content (AvgIpc) is 3.58. The summed E-state index contributed by atoms with van der Waals surface area (Å²) in [6, 6.07) is 4.59. The van der Waals surface area contributed by atoms with Gasteiger partial charge in [-0.1, -0.05) is 13.8 Å². The Hall–Kier alpha value is -3.40. The zero-order valence-corrected chi connectivity index (χ0v) is 19.7. The van der Waals surface area contributed by atoms with Gasteiger partial charge in [0.15, 0.2) is 17.5 Å². The molecular formula is C24H30FN8O+. The fourth-order valence-electron chi connectivity index (χ4n) is 5.20. The quantitative estimate of drug-likeness (QED) is 0.379. The molecule has 0 spiro atoms. The highest BCUT2D eigenvalue weighted by molar-refractivity contribution is 5.86. The number of aromatic nitrogens is 5. The van der Waals surface area contributed by atoms with Crippen molar-refractivity contribution in [1.29, 1.82) is 0 Å².